The molecule has 1 heterocycles. The summed E-state index contributed by atoms with van der Waals surface area (Å²) in [5.41, 5.74) is 1.17. The van der Waals surface area contributed by atoms with Crippen molar-refractivity contribution < 1.29 is 14.6 Å². The SMILES string of the molecule is COCC(O)CNC(=O)C1CCCc2sccc21. The van der Waals surface area contributed by atoms with Crippen LogP contribution in [0.2, 0.25) is 0 Å². The van der Waals surface area contributed by atoms with E-state index in [2.05, 4.69) is 16.8 Å². The summed E-state index contributed by atoms with van der Waals surface area (Å²) >= 11 is 1.73. The van der Waals surface area contributed by atoms with Gasteiger partial charge in [0.1, 0.15) is 0 Å². The molecule has 0 saturated carbocycles. The molecular weight excluding hydrogens is 250 g/mol. The lowest BCUT2D eigenvalue weighted by atomic mass is 9.87. The molecule has 1 amide bonds. The largest absolute Gasteiger partial charge is 0.389 e. The monoisotopic (exact) mass is 269 g/mol. The number of fused-ring (bicyclic) bond motifs is 1. The number of carbonyl (C=O) groups is 1. The topological polar surface area (TPSA) is 58.6 Å². The van der Waals surface area contributed by atoms with E-state index in [1.54, 1.807) is 11.3 Å². The van der Waals surface area contributed by atoms with Gasteiger partial charge in [-0.05, 0) is 36.3 Å². The van der Waals surface area contributed by atoms with Crippen LogP contribution in [-0.4, -0.2) is 37.4 Å². The van der Waals surface area contributed by atoms with E-state index in [0.29, 0.717) is 0 Å². The fourth-order valence-corrected chi connectivity index (χ4v) is 3.34. The summed E-state index contributed by atoms with van der Waals surface area (Å²) in [5, 5.41) is 14.4. The fourth-order valence-electron chi connectivity index (χ4n) is 2.35. The van der Waals surface area contributed by atoms with E-state index >= 15 is 0 Å². The van der Waals surface area contributed by atoms with Crippen LogP contribution in [0.4, 0.5) is 0 Å². The molecule has 2 unspecified atom stereocenters. The third kappa shape index (κ3) is 3.10. The molecule has 2 N–H and O–H groups in total. The van der Waals surface area contributed by atoms with Gasteiger partial charge in [0.05, 0.1) is 18.6 Å². The normalized spacial score (nSPS) is 20.2. The van der Waals surface area contributed by atoms with Gasteiger partial charge in [0.2, 0.25) is 5.91 Å². The Kier molecular flexibility index (Phi) is 4.74. The van der Waals surface area contributed by atoms with Crippen LogP contribution in [0.15, 0.2) is 11.4 Å². The summed E-state index contributed by atoms with van der Waals surface area (Å²) in [7, 11) is 1.53. The Labute approximate surface area is 111 Å². The van der Waals surface area contributed by atoms with Crippen LogP contribution in [0, 0.1) is 0 Å². The van der Waals surface area contributed by atoms with Crippen molar-refractivity contribution in [3.05, 3.63) is 21.9 Å². The van der Waals surface area contributed by atoms with Gasteiger partial charge >= 0.3 is 0 Å². The van der Waals surface area contributed by atoms with Crippen molar-refractivity contribution in [2.75, 3.05) is 20.3 Å². The van der Waals surface area contributed by atoms with Crippen LogP contribution >= 0.6 is 11.3 Å². The van der Waals surface area contributed by atoms with E-state index in [0.717, 1.165) is 19.3 Å². The molecule has 4 nitrogen and oxygen atoms in total. The Morgan fingerprint density at radius 1 is 1.72 bits per heavy atom. The molecule has 18 heavy (non-hydrogen) atoms. The maximum atomic E-state index is 12.1. The second-order valence-corrected chi connectivity index (χ2v) is 5.60. The van der Waals surface area contributed by atoms with Crippen LogP contribution in [-0.2, 0) is 16.0 Å². The van der Waals surface area contributed by atoms with E-state index in [9.17, 15) is 9.90 Å². The van der Waals surface area contributed by atoms with Crippen molar-refractivity contribution in [3.8, 4) is 0 Å². The summed E-state index contributed by atoms with van der Waals surface area (Å²) in [6, 6.07) is 2.05. The number of aliphatic hydroxyl groups is 1. The van der Waals surface area contributed by atoms with Crippen LogP contribution in [0.1, 0.15) is 29.2 Å². The first-order valence-corrected chi connectivity index (χ1v) is 7.11. The van der Waals surface area contributed by atoms with E-state index < -0.39 is 6.10 Å². The van der Waals surface area contributed by atoms with Crippen molar-refractivity contribution >= 4 is 17.2 Å². The minimum atomic E-state index is -0.635. The molecule has 1 aliphatic rings. The predicted molar refractivity (Wildman–Crippen MR) is 70.9 cm³/mol. The third-order valence-corrected chi connectivity index (χ3v) is 4.24. The highest BCUT2D eigenvalue weighted by Gasteiger charge is 2.27. The van der Waals surface area contributed by atoms with Crippen molar-refractivity contribution in [1.29, 1.82) is 0 Å². The molecule has 1 aromatic rings. The highest BCUT2D eigenvalue weighted by molar-refractivity contribution is 7.10. The summed E-state index contributed by atoms with van der Waals surface area (Å²) in [4.78, 5) is 13.4. The fraction of sp³-hybridized carbons (Fsp3) is 0.615. The summed E-state index contributed by atoms with van der Waals surface area (Å²) in [6.45, 7) is 0.497. The standard InChI is InChI=1S/C13H19NO3S/c1-17-8-9(15)7-14-13(16)11-3-2-4-12-10(11)5-6-18-12/h5-6,9,11,15H,2-4,7-8H2,1H3,(H,14,16). The highest BCUT2D eigenvalue weighted by Crippen LogP contribution is 2.34. The molecule has 0 aliphatic heterocycles. The first-order chi connectivity index (χ1) is 8.72. The van der Waals surface area contributed by atoms with Gasteiger partial charge in [-0.15, -0.1) is 11.3 Å². The molecule has 100 valence electrons. The van der Waals surface area contributed by atoms with E-state index in [1.165, 1.54) is 17.6 Å². The van der Waals surface area contributed by atoms with Crippen LogP contribution < -0.4 is 5.32 Å². The molecule has 1 aliphatic carbocycles. The number of carbonyl (C=O) groups excluding carboxylic acids is 1. The number of aryl methyl sites for hydroxylation is 1. The molecule has 0 aromatic carbocycles. The molecule has 2 rings (SSSR count). The Balaban J connectivity index is 1.91. The Bertz CT molecular complexity index is 405. The lowest BCUT2D eigenvalue weighted by Crippen LogP contribution is -2.37. The number of nitrogens with one attached hydrogen (secondary N) is 1. The zero-order valence-corrected chi connectivity index (χ0v) is 11.3. The zero-order chi connectivity index (χ0) is 13.0. The molecule has 0 saturated heterocycles. The molecule has 0 bridgehead atoms. The molecule has 5 heteroatoms. The molecule has 2 atom stereocenters. The van der Waals surface area contributed by atoms with Crippen molar-refractivity contribution in [2.45, 2.75) is 31.3 Å². The van der Waals surface area contributed by atoms with Gasteiger partial charge in [0.25, 0.3) is 0 Å². The number of ether oxygens (including phenoxy) is 1. The Morgan fingerprint density at radius 2 is 2.56 bits per heavy atom. The van der Waals surface area contributed by atoms with Crippen LogP contribution in [0.5, 0.6) is 0 Å². The van der Waals surface area contributed by atoms with Gasteiger partial charge in [-0.25, -0.2) is 0 Å². The smallest absolute Gasteiger partial charge is 0.227 e. The van der Waals surface area contributed by atoms with E-state index in [-0.39, 0.29) is 25.0 Å². The molecule has 0 radical (unpaired) electrons. The molecule has 0 spiro atoms. The van der Waals surface area contributed by atoms with Gasteiger partial charge in [0.15, 0.2) is 0 Å². The summed E-state index contributed by atoms with van der Waals surface area (Å²) in [5.74, 6) is -0.0285. The summed E-state index contributed by atoms with van der Waals surface area (Å²) < 4.78 is 4.83. The van der Waals surface area contributed by atoms with E-state index in [1.807, 2.05) is 0 Å². The zero-order valence-electron chi connectivity index (χ0n) is 10.5. The lowest BCUT2D eigenvalue weighted by molar-refractivity contribution is -0.123. The van der Waals surface area contributed by atoms with E-state index in [4.69, 9.17) is 4.74 Å². The third-order valence-electron chi connectivity index (χ3n) is 3.24. The number of hydrogen-bond acceptors (Lipinski definition) is 4. The highest BCUT2D eigenvalue weighted by atomic mass is 32.1. The Hall–Kier alpha value is -0.910. The summed E-state index contributed by atoms with van der Waals surface area (Å²) in [6.07, 6.45) is 2.41. The second kappa shape index (κ2) is 6.31. The van der Waals surface area contributed by atoms with Gasteiger partial charge < -0.3 is 15.2 Å². The lowest BCUT2D eigenvalue weighted by Gasteiger charge is -2.22. The minimum Gasteiger partial charge on any atom is -0.389 e. The van der Waals surface area contributed by atoms with Gasteiger partial charge in [-0.1, -0.05) is 0 Å². The Morgan fingerprint density at radius 3 is 3.33 bits per heavy atom. The number of amides is 1. The minimum absolute atomic E-state index is 0.0181. The number of rotatable bonds is 5. The molecular formula is C13H19NO3S. The first-order valence-electron chi connectivity index (χ1n) is 6.23. The number of aliphatic hydroxyl groups excluding tert-OH is 1. The van der Waals surface area contributed by atoms with Crippen molar-refractivity contribution in [2.24, 2.45) is 0 Å². The van der Waals surface area contributed by atoms with Gasteiger partial charge in [-0.2, -0.15) is 0 Å². The van der Waals surface area contributed by atoms with Crippen LogP contribution in [0.25, 0.3) is 0 Å². The average molecular weight is 269 g/mol. The average Bonchev–Trinajstić information content (AvgIpc) is 2.84. The van der Waals surface area contributed by atoms with Crippen molar-refractivity contribution in [3.63, 3.8) is 0 Å². The number of methoxy groups -OCH3 is 1. The first kappa shape index (κ1) is 13.5. The maximum absolute atomic E-state index is 12.1. The van der Waals surface area contributed by atoms with Crippen molar-refractivity contribution in [1.82, 2.24) is 5.32 Å². The maximum Gasteiger partial charge on any atom is 0.227 e. The molecule has 1 aromatic heterocycles. The second-order valence-electron chi connectivity index (χ2n) is 4.60. The van der Waals surface area contributed by atoms with Gasteiger partial charge in [-0.3, -0.25) is 4.79 Å². The predicted octanol–water partition coefficient (Wildman–Crippen LogP) is 1.29. The van der Waals surface area contributed by atoms with Crippen LogP contribution in [0.3, 0.4) is 0 Å². The molecule has 0 fully saturated rings. The van der Waals surface area contributed by atoms with Gasteiger partial charge in [0, 0.05) is 18.5 Å². The number of hydrogen-bond donors (Lipinski definition) is 2. The number of thiophene rings is 1. The quantitative estimate of drug-likeness (QED) is 0.847.